The summed E-state index contributed by atoms with van der Waals surface area (Å²) < 4.78 is 23.3. The number of urea groups is 1. The third-order valence-electron chi connectivity index (χ3n) is 5.25. The van der Waals surface area contributed by atoms with Crippen molar-refractivity contribution in [1.82, 2.24) is 15.3 Å². The minimum atomic E-state index is -1.03. The summed E-state index contributed by atoms with van der Waals surface area (Å²) in [6.07, 6.45) is 0.439. The molecule has 0 spiro atoms. The highest BCUT2D eigenvalue weighted by Crippen LogP contribution is 2.41. The quantitative estimate of drug-likeness (QED) is 0.407. The summed E-state index contributed by atoms with van der Waals surface area (Å²) in [6, 6.07) is 4.15. The van der Waals surface area contributed by atoms with Crippen LogP contribution in [-0.2, 0) is 6.42 Å². The molecule has 3 aromatic rings. The molecule has 4 N–H and O–H groups in total. The number of fused-ring (bicyclic) bond motifs is 2. The summed E-state index contributed by atoms with van der Waals surface area (Å²) in [5.74, 6) is 0.346. The van der Waals surface area contributed by atoms with Crippen LogP contribution in [-0.4, -0.2) is 57.9 Å². The number of ether oxygens (including phenoxy) is 1. The zero-order chi connectivity index (χ0) is 23.8. The fourth-order valence-electron chi connectivity index (χ4n) is 3.72. The first kappa shape index (κ1) is 23.2. The molecular formula is C21H26FN5O5S. The van der Waals surface area contributed by atoms with Gasteiger partial charge >= 0.3 is 6.03 Å². The smallest absolute Gasteiger partial charge is 0.321 e. The molecule has 2 aromatic heterocycles. The van der Waals surface area contributed by atoms with Crippen LogP contribution in [0.1, 0.15) is 37.4 Å². The van der Waals surface area contributed by atoms with E-state index in [1.807, 2.05) is 11.8 Å². The number of anilines is 2. The molecular weight excluding hydrogens is 453 g/mol. The number of hydrogen-bond donors (Lipinski definition) is 4. The Morgan fingerprint density at radius 1 is 1.42 bits per heavy atom. The molecule has 2 atom stereocenters. The topological polar surface area (TPSA) is 133 Å². The molecule has 12 heteroatoms. The van der Waals surface area contributed by atoms with Gasteiger partial charge in [-0.3, -0.25) is 5.32 Å². The molecule has 1 aliphatic heterocycles. The summed E-state index contributed by atoms with van der Waals surface area (Å²) in [5.41, 5.74) is 0.790. The lowest BCUT2D eigenvalue weighted by molar-refractivity contribution is 0.0826. The van der Waals surface area contributed by atoms with Crippen LogP contribution in [0.3, 0.4) is 0 Å². The monoisotopic (exact) mass is 479 g/mol. The number of hydrogen-bond acceptors (Lipinski definition) is 9. The molecule has 33 heavy (non-hydrogen) atoms. The Kier molecular flexibility index (Phi) is 6.41. The van der Waals surface area contributed by atoms with Crippen LogP contribution < -0.4 is 20.3 Å². The fourth-order valence-corrected chi connectivity index (χ4v) is 4.76. The Morgan fingerprint density at radius 3 is 2.91 bits per heavy atom. The van der Waals surface area contributed by atoms with Crippen molar-refractivity contribution in [2.24, 2.45) is 0 Å². The van der Waals surface area contributed by atoms with Gasteiger partial charge in [0.25, 0.3) is 6.01 Å². The van der Waals surface area contributed by atoms with Gasteiger partial charge in [-0.05, 0) is 32.9 Å². The van der Waals surface area contributed by atoms with Crippen LogP contribution in [0.4, 0.5) is 20.3 Å². The lowest BCUT2D eigenvalue weighted by Gasteiger charge is -2.37. The number of aliphatic hydroxyl groups excluding tert-OH is 1. The van der Waals surface area contributed by atoms with E-state index < -0.39 is 18.5 Å². The largest absolute Gasteiger partial charge is 0.463 e. The Hall–Kier alpha value is -2.96. The number of aromatic nitrogens is 2. The van der Waals surface area contributed by atoms with Gasteiger partial charge < -0.3 is 29.6 Å². The first-order valence-corrected chi connectivity index (χ1v) is 11.3. The summed E-state index contributed by atoms with van der Waals surface area (Å²) >= 11 is 1.33. The number of oxazole rings is 1. The highest BCUT2D eigenvalue weighted by atomic mass is 32.1. The summed E-state index contributed by atoms with van der Waals surface area (Å²) in [7, 11) is 0. The average molecular weight is 480 g/mol. The van der Waals surface area contributed by atoms with E-state index >= 15 is 0 Å². The van der Waals surface area contributed by atoms with Crippen molar-refractivity contribution in [1.29, 1.82) is 0 Å². The molecule has 4 rings (SSSR count). The second-order valence-corrected chi connectivity index (χ2v) is 9.48. The predicted molar refractivity (Wildman–Crippen MR) is 122 cm³/mol. The number of alkyl halides is 1. The van der Waals surface area contributed by atoms with Gasteiger partial charge in [0, 0.05) is 19.0 Å². The Morgan fingerprint density at radius 2 is 2.21 bits per heavy atom. The van der Waals surface area contributed by atoms with Gasteiger partial charge in [0.1, 0.15) is 11.3 Å². The van der Waals surface area contributed by atoms with Crippen molar-refractivity contribution in [3.8, 4) is 5.75 Å². The predicted octanol–water partition coefficient (Wildman–Crippen LogP) is 2.97. The summed E-state index contributed by atoms with van der Waals surface area (Å²) in [4.78, 5) is 24.0. The molecule has 0 radical (unpaired) electrons. The molecule has 1 aliphatic rings. The molecule has 0 bridgehead atoms. The molecule has 0 fully saturated rings. The number of halogens is 1. The van der Waals surface area contributed by atoms with Crippen LogP contribution in [0.25, 0.3) is 11.1 Å². The fraction of sp³-hybridized carbons (Fsp3) is 0.476. The lowest BCUT2D eigenvalue weighted by Crippen LogP contribution is -2.45. The van der Waals surface area contributed by atoms with E-state index in [-0.39, 0.29) is 25.2 Å². The number of carbonyl (C=O) groups is 1. The Labute approximate surface area is 193 Å². The number of carbonyl (C=O) groups excluding carboxylic acids is 1. The highest BCUT2D eigenvalue weighted by Gasteiger charge is 2.37. The number of nitrogens with one attached hydrogen (secondary N) is 2. The van der Waals surface area contributed by atoms with Crippen molar-refractivity contribution < 1.29 is 28.6 Å². The van der Waals surface area contributed by atoms with E-state index in [9.17, 15) is 19.4 Å². The number of aliphatic hydroxyl groups is 2. The van der Waals surface area contributed by atoms with Crippen LogP contribution in [0.5, 0.6) is 5.75 Å². The maximum absolute atomic E-state index is 12.5. The van der Waals surface area contributed by atoms with Crippen molar-refractivity contribution in [2.45, 2.75) is 44.9 Å². The molecule has 1 aromatic carbocycles. The van der Waals surface area contributed by atoms with Gasteiger partial charge in [-0.15, -0.1) is 0 Å². The maximum atomic E-state index is 12.5. The van der Waals surface area contributed by atoms with Gasteiger partial charge in [0.15, 0.2) is 10.7 Å². The molecule has 0 aliphatic carbocycles. The molecule has 0 saturated heterocycles. The second kappa shape index (κ2) is 9.12. The SMILES string of the molecule is C[C@H]1c2sc(NC(=O)NCC(C)(C)O)nc2C[C@@H](CO)N1c1nc2cc(OCF)ccc2o1. The number of benzene rings is 1. The van der Waals surface area contributed by atoms with Crippen LogP contribution in [0.15, 0.2) is 22.6 Å². The minimum Gasteiger partial charge on any atom is -0.463 e. The average Bonchev–Trinajstić information content (AvgIpc) is 3.35. The molecule has 3 heterocycles. The van der Waals surface area contributed by atoms with Gasteiger partial charge in [0.05, 0.1) is 34.9 Å². The van der Waals surface area contributed by atoms with Crippen molar-refractivity contribution in [2.75, 3.05) is 30.2 Å². The van der Waals surface area contributed by atoms with Crippen LogP contribution in [0, 0.1) is 0 Å². The minimum absolute atomic E-state index is 0.0937. The highest BCUT2D eigenvalue weighted by molar-refractivity contribution is 7.16. The zero-order valence-electron chi connectivity index (χ0n) is 18.5. The van der Waals surface area contributed by atoms with E-state index in [1.54, 1.807) is 32.0 Å². The van der Waals surface area contributed by atoms with Crippen LogP contribution >= 0.6 is 11.3 Å². The third kappa shape index (κ3) is 5.02. The lowest BCUT2D eigenvalue weighted by atomic mass is 10.00. The van der Waals surface area contributed by atoms with E-state index in [4.69, 9.17) is 9.15 Å². The maximum Gasteiger partial charge on any atom is 0.321 e. The van der Waals surface area contributed by atoms with Gasteiger partial charge in [0.2, 0.25) is 6.86 Å². The number of amides is 2. The number of thiazole rings is 1. The van der Waals surface area contributed by atoms with Crippen LogP contribution in [0.2, 0.25) is 0 Å². The molecule has 0 unspecified atom stereocenters. The number of rotatable bonds is 7. The van der Waals surface area contributed by atoms with E-state index in [1.165, 1.54) is 11.3 Å². The van der Waals surface area contributed by atoms with E-state index in [0.717, 1.165) is 10.6 Å². The van der Waals surface area contributed by atoms with Crippen molar-refractivity contribution in [3.05, 3.63) is 28.8 Å². The van der Waals surface area contributed by atoms with Gasteiger partial charge in [-0.25, -0.2) is 14.2 Å². The van der Waals surface area contributed by atoms with Gasteiger partial charge in [-0.2, -0.15) is 4.98 Å². The third-order valence-corrected chi connectivity index (χ3v) is 6.43. The first-order chi connectivity index (χ1) is 15.7. The van der Waals surface area contributed by atoms with Crippen molar-refractivity contribution >= 4 is 39.6 Å². The van der Waals surface area contributed by atoms with E-state index in [0.29, 0.717) is 34.4 Å². The number of nitrogens with zero attached hydrogens (tertiary/aromatic N) is 3. The summed E-state index contributed by atoms with van der Waals surface area (Å²) in [6.45, 7) is 4.15. The van der Waals surface area contributed by atoms with E-state index in [2.05, 4.69) is 20.6 Å². The zero-order valence-corrected chi connectivity index (χ0v) is 19.3. The molecule has 10 nitrogen and oxygen atoms in total. The van der Waals surface area contributed by atoms with Crippen molar-refractivity contribution in [3.63, 3.8) is 0 Å². The van der Waals surface area contributed by atoms with Gasteiger partial charge in [-0.1, -0.05) is 11.3 Å². The normalized spacial score (nSPS) is 18.3. The summed E-state index contributed by atoms with van der Waals surface area (Å²) in [5, 5.41) is 25.5. The molecule has 178 valence electrons. The standard InChI is InChI=1S/C21H26FN5O5S/c1-11-17-15(24-19(33-17)26-18(29)23-9-21(2,3)30)6-12(8-28)27(11)20-25-14-7-13(31-10-22)4-5-16(14)32-20/h4-5,7,11-12,28,30H,6,8-10H2,1-3H3,(H2,23,24,26,29)/t11-,12-/m0/s1. The molecule has 0 saturated carbocycles. The first-order valence-electron chi connectivity index (χ1n) is 10.4. The Balaban J connectivity index is 1.57. The molecule has 2 amide bonds. The second-order valence-electron chi connectivity index (χ2n) is 8.45. The Bertz CT molecular complexity index is 1140.